The molecule has 0 saturated carbocycles. The number of hydrogen-bond acceptors (Lipinski definition) is 4. The van der Waals surface area contributed by atoms with Crippen LogP contribution in [0.25, 0.3) is 11.3 Å². The Morgan fingerprint density at radius 1 is 1.45 bits per heavy atom. The van der Waals surface area contributed by atoms with Gasteiger partial charge in [-0.2, -0.15) is 0 Å². The lowest BCUT2D eigenvalue weighted by atomic mass is 9.88. The van der Waals surface area contributed by atoms with E-state index in [9.17, 15) is 4.79 Å². The highest BCUT2D eigenvalue weighted by molar-refractivity contribution is 6.30. The lowest BCUT2D eigenvalue weighted by Crippen LogP contribution is -2.55. The molecule has 2 rings (SSSR count). The summed E-state index contributed by atoms with van der Waals surface area (Å²) in [6.07, 6.45) is 0. The predicted molar refractivity (Wildman–Crippen MR) is 86.7 cm³/mol. The Labute approximate surface area is 134 Å². The third-order valence-electron chi connectivity index (χ3n) is 3.95. The van der Waals surface area contributed by atoms with Crippen molar-refractivity contribution in [3.05, 3.63) is 41.0 Å². The minimum Gasteiger partial charge on any atom is -0.355 e. The summed E-state index contributed by atoms with van der Waals surface area (Å²) in [5, 5.41) is 7.34. The van der Waals surface area contributed by atoms with E-state index >= 15 is 0 Å². The molecule has 1 unspecified atom stereocenters. The molecule has 0 bridgehead atoms. The second-order valence-corrected chi connectivity index (χ2v) is 6.25. The zero-order chi connectivity index (χ0) is 16.3. The maximum atomic E-state index is 12.3. The van der Waals surface area contributed by atoms with Crippen LogP contribution in [0.3, 0.4) is 0 Å². The summed E-state index contributed by atoms with van der Waals surface area (Å²) >= 11 is 5.95. The van der Waals surface area contributed by atoms with Crippen LogP contribution < -0.4 is 11.1 Å². The molecule has 0 fully saturated rings. The van der Waals surface area contributed by atoms with Crippen molar-refractivity contribution in [3.63, 3.8) is 0 Å². The van der Waals surface area contributed by atoms with Gasteiger partial charge in [0.1, 0.15) is 0 Å². The summed E-state index contributed by atoms with van der Waals surface area (Å²) < 4.78 is 5.23. The first-order valence-corrected chi connectivity index (χ1v) is 7.49. The highest BCUT2D eigenvalue weighted by Crippen LogP contribution is 2.24. The monoisotopic (exact) mass is 321 g/mol. The Morgan fingerprint density at radius 2 is 2.18 bits per heavy atom. The number of rotatable bonds is 5. The number of halogens is 1. The molecule has 1 aromatic heterocycles. The molecule has 1 atom stereocenters. The molecule has 6 heteroatoms. The van der Waals surface area contributed by atoms with Gasteiger partial charge >= 0.3 is 0 Å². The SMILES string of the molecule is CC(C)C(C)(CN)NC(=O)c1cc(-c2cccc(Cl)c2)on1. The molecule has 1 heterocycles. The van der Waals surface area contributed by atoms with Crippen molar-refractivity contribution in [1.82, 2.24) is 10.5 Å². The topological polar surface area (TPSA) is 81.1 Å². The number of nitrogens with one attached hydrogen (secondary N) is 1. The predicted octanol–water partition coefficient (Wildman–Crippen LogP) is 3.10. The first-order chi connectivity index (χ1) is 10.4. The van der Waals surface area contributed by atoms with Crippen molar-refractivity contribution < 1.29 is 9.32 Å². The molecule has 0 spiro atoms. The van der Waals surface area contributed by atoms with Crippen molar-refractivity contribution in [1.29, 1.82) is 0 Å². The maximum Gasteiger partial charge on any atom is 0.273 e. The van der Waals surface area contributed by atoms with Gasteiger partial charge in [-0.25, -0.2) is 0 Å². The van der Waals surface area contributed by atoms with Crippen molar-refractivity contribution >= 4 is 17.5 Å². The summed E-state index contributed by atoms with van der Waals surface area (Å²) in [4.78, 5) is 12.3. The summed E-state index contributed by atoms with van der Waals surface area (Å²) in [5.74, 6) is 0.381. The van der Waals surface area contributed by atoms with Crippen LogP contribution in [0.5, 0.6) is 0 Å². The van der Waals surface area contributed by atoms with Gasteiger partial charge in [0.2, 0.25) is 0 Å². The van der Waals surface area contributed by atoms with E-state index in [-0.39, 0.29) is 17.5 Å². The lowest BCUT2D eigenvalue weighted by molar-refractivity contribution is 0.0874. The van der Waals surface area contributed by atoms with Gasteiger partial charge < -0.3 is 15.6 Å². The van der Waals surface area contributed by atoms with Gasteiger partial charge in [-0.05, 0) is 25.0 Å². The number of carbonyl (C=O) groups excluding carboxylic acids is 1. The molecule has 0 aliphatic carbocycles. The van der Waals surface area contributed by atoms with Crippen LogP contribution in [-0.2, 0) is 0 Å². The molecule has 22 heavy (non-hydrogen) atoms. The van der Waals surface area contributed by atoms with Gasteiger partial charge in [-0.3, -0.25) is 4.79 Å². The molecule has 3 N–H and O–H groups in total. The number of benzene rings is 1. The average molecular weight is 322 g/mol. The Morgan fingerprint density at radius 3 is 2.77 bits per heavy atom. The van der Waals surface area contributed by atoms with Crippen molar-refractivity contribution in [3.8, 4) is 11.3 Å². The minimum absolute atomic E-state index is 0.195. The summed E-state index contributed by atoms with van der Waals surface area (Å²) in [5.41, 5.74) is 6.27. The average Bonchev–Trinajstić information content (AvgIpc) is 2.97. The third-order valence-corrected chi connectivity index (χ3v) is 4.18. The lowest BCUT2D eigenvalue weighted by Gasteiger charge is -2.33. The second kappa shape index (κ2) is 6.50. The van der Waals surface area contributed by atoms with E-state index in [1.165, 1.54) is 0 Å². The van der Waals surface area contributed by atoms with E-state index in [1.54, 1.807) is 18.2 Å². The molecule has 0 aliphatic heterocycles. The molecule has 118 valence electrons. The number of carbonyl (C=O) groups is 1. The van der Waals surface area contributed by atoms with E-state index in [1.807, 2.05) is 32.9 Å². The highest BCUT2D eigenvalue weighted by atomic mass is 35.5. The van der Waals surface area contributed by atoms with Crippen LogP contribution in [0.2, 0.25) is 5.02 Å². The van der Waals surface area contributed by atoms with Crippen LogP contribution >= 0.6 is 11.6 Å². The van der Waals surface area contributed by atoms with Crippen LogP contribution in [-0.4, -0.2) is 23.1 Å². The number of nitrogens with two attached hydrogens (primary N) is 1. The number of amides is 1. The fraction of sp³-hybridized carbons (Fsp3) is 0.375. The van der Waals surface area contributed by atoms with E-state index < -0.39 is 5.54 Å². The standard InChI is InChI=1S/C16H20ClN3O2/c1-10(2)16(3,9-18)19-15(21)13-8-14(22-20-13)11-5-4-6-12(17)7-11/h4-8,10H,9,18H2,1-3H3,(H,19,21). The summed E-state index contributed by atoms with van der Waals surface area (Å²) in [7, 11) is 0. The minimum atomic E-state index is -0.494. The van der Waals surface area contributed by atoms with Gasteiger partial charge in [0.25, 0.3) is 5.91 Å². The summed E-state index contributed by atoms with van der Waals surface area (Å²) in [6, 6.07) is 8.76. The quantitative estimate of drug-likeness (QED) is 0.886. The van der Waals surface area contributed by atoms with Crippen molar-refractivity contribution in [2.75, 3.05) is 6.54 Å². The molecular weight excluding hydrogens is 302 g/mol. The molecule has 0 aliphatic rings. The summed E-state index contributed by atoms with van der Waals surface area (Å²) in [6.45, 7) is 6.27. The van der Waals surface area contributed by atoms with Gasteiger partial charge in [-0.1, -0.05) is 42.7 Å². The van der Waals surface area contributed by atoms with Gasteiger partial charge in [-0.15, -0.1) is 0 Å². The van der Waals surface area contributed by atoms with Crippen LogP contribution in [0, 0.1) is 5.92 Å². The Hall–Kier alpha value is -1.85. The van der Waals surface area contributed by atoms with Gasteiger partial charge in [0, 0.05) is 23.2 Å². The molecular formula is C16H20ClN3O2. The van der Waals surface area contributed by atoms with Crippen molar-refractivity contribution in [2.45, 2.75) is 26.3 Å². The number of nitrogens with zero attached hydrogens (tertiary/aromatic N) is 1. The zero-order valence-electron chi connectivity index (χ0n) is 12.9. The fourth-order valence-electron chi connectivity index (χ4n) is 1.91. The fourth-order valence-corrected chi connectivity index (χ4v) is 2.10. The van der Waals surface area contributed by atoms with Crippen LogP contribution in [0.4, 0.5) is 0 Å². The molecule has 5 nitrogen and oxygen atoms in total. The number of aromatic nitrogens is 1. The first kappa shape index (κ1) is 16.5. The van der Waals surface area contributed by atoms with E-state index in [2.05, 4.69) is 10.5 Å². The maximum absolute atomic E-state index is 12.3. The normalized spacial score (nSPS) is 13.9. The zero-order valence-corrected chi connectivity index (χ0v) is 13.6. The van der Waals surface area contributed by atoms with Crippen molar-refractivity contribution in [2.24, 2.45) is 11.7 Å². The van der Waals surface area contributed by atoms with Gasteiger partial charge in [0.15, 0.2) is 11.5 Å². The largest absolute Gasteiger partial charge is 0.355 e. The smallest absolute Gasteiger partial charge is 0.273 e. The number of hydrogen-bond donors (Lipinski definition) is 2. The van der Waals surface area contributed by atoms with Crippen LogP contribution in [0.15, 0.2) is 34.9 Å². The Bertz CT molecular complexity index is 669. The molecule has 2 aromatic rings. The second-order valence-electron chi connectivity index (χ2n) is 5.82. The highest BCUT2D eigenvalue weighted by Gasteiger charge is 2.30. The van der Waals surface area contributed by atoms with E-state index in [4.69, 9.17) is 21.9 Å². The first-order valence-electron chi connectivity index (χ1n) is 7.11. The Kier molecular flexibility index (Phi) is 4.88. The molecule has 0 saturated heterocycles. The molecule has 1 aromatic carbocycles. The Balaban J connectivity index is 2.19. The van der Waals surface area contributed by atoms with E-state index in [0.29, 0.717) is 17.3 Å². The van der Waals surface area contributed by atoms with Crippen LogP contribution in [0.1, 0.15) is 31.3 Å². The van der Waals surface area contributed by atoms with E-state index in [0.717, 1.165) is 5.56 Å². The molecule has 1 amide bonds. The third kappa shape index (κ3) is 3.48. The van der Waals surface area contributed by atoms with Gasteiger partial charge in [0.05, 0.1) is 5.54 Å². The molecule has 0 radical (unpaired) electrons.